The Hall–Kier alpha value is -0.0700. The van der Waals surface area contributed by atoms with Crippen molar-refractivity contribution in [1.82, 2.24) is 4.98 Å². The van der Waals surface area contributed by atoms with Crippen molar-refractivity contribution in [2.75, 3.05) is 0 Å². The lowest BCUT2D eigenvalue weighted by molar-refractivity contribution is -0.00743. The predicted octanol–water partition coefficient (Wildman–Crippen LogP) is 5.43. The number of hydrogen-bond donors (Lipinski definition) is 0. The van der Waals surface area contributed by atoms with Gasteiger partial charge in [-0.25, -0.2) is 0 Å². The summed E-state index contributed by atoms with van der Waals surface area (Å²) >= 11 is 12.3. The van der Waals surface area contributed by atoms with E-state index in [1.807, 2.05) is 18.2 Å². The molecule has 2 nitrogen and oxygen atoms in total. The van der Waals surface area contributed by atoms with Gasteiger partial charge in [0.25, 0.3) is 0 Å². The highest BCUT2D eigenvalue weighted by Crippen LogP contribution is 2.48. The lowest BCUT2D eigenvalue weighted by Crippen LogP contribution is -2.53. The monoisotopic (exact) mass is 465 g/mol. The van der Waals surface area contributed by atoms with Crippen LogP contribution in [-0.4, -0.2) is 15.9 Å². The maximum Gasteiger partial charge on any atom is 0.159 e. The van der Waals surface area contributed by atoms with E-state index in [-0.39, 0.29) is 11.5 Å². The fourth-order valence-electron chi connectivity index (χ4n) is 2.44. The number of alkyl halides is 1. The van der Waals surface area contributed by atoms with Gasteiger partial charge in [-0.15, -0.1) is 0 Å². The van der Waals surface area contributed by atoms with Gasteiger partial charge in [0.15, 0.2) is 5.75 Å². The molecule has 1 aliphatic carbocycles. The Morgan fingerprint density at radius 3 is 2.90 bits per heavy atom. The minimum Gasteiger partial charge on any atom is -0.486 e. The summed E-state index contributed by atoms with van der Waals surface area (Å²) in [6.45, 7) is 4.44. The van der Waals surface area contributed by atoms with Crippen molar-refractivity contribution in [1.29, 1.82) is 0 Å². The van der Waals surface area contributed by atoms with Gasteiger partial charge in [0.1, 0.15) is 11.6 Å². The van der Waals surface area contributed by atoms with Crippen molar-refractivity contribution in [3.05, 3.63) is 33.0 Å². The Labute approximate surface area is 145 Å². The van der Waals surface area contributed by atoms with Gasteiger partial charge >= 0.3 is 0 Å². The molecule has 1 fully saturated rings. The second kappa shape index (κ2) is 5.29. The number of fused-ring (bicyclic) bond motifs is 1. The van der Waals surface area contributed by atoms with E-state index in [0.29, 0.717) is 4.83 Å². The van der Waals surface area contributed by atoms with E-state index < -0.39 is 0 Å². The summed E-state index contributed by atoms with van der Waals surface area (Å²) in [4.78, 5) is 4.96. The molecule has 5 heteroatoms. The number of halogens is 3. The van der Waals surface area contributed by atoms with E-state index in [2.05, 4.69) is 57.4 Å². The van der Waals surface area contributed by atoms with Crippen molar-refractivity contribution in [3.63, 3.8) is 0 Å². The molecule has 2 atom stereocenters. The number of benzene rings is 1. The van der Waals surface area contributed by atoms with E-state index in [1.54, 1.807) is 6.20 Å². The molecule has 1 aliphatic rings. The fraction of sp³-hybridized carbons (Fsp3) is 0.400. The summed E-state index contributed by atoms with van der Waals surface area (Å²) in [6, 6.07) is 5.82. The molecule has 0 spiro atoms. The summed E-state index contributed by atoms with van der Waals surface area (Å²) in [5, 5.41) is 1.66. The highest BCUT2D eigenvalue weighted by Gasteiger charge is 2.49. The third kappa shape index (κ3) is 2.33. The van der Waals surface area contributed by atoms with Crippen LogP contribution in [0.25, 0.3) is 10.9 Å². The van der Waals surface area contributed by atoms with Gasteiger partial charge in [0.2, 0.25) is 0 Å². The summed E-state index contributed by atoms with van der Waals surface area (Å²) in [5.74, 6) is 0.850. The molecule has 0 bridgehead atoms. The largest absolute Gasteiger partial charge is 0.486 e. The molecule has 2 aromatic rings. The van der Waals surface area contributed by atoms with Crippen molar-refractivity contribution < 1.29 is 4.74 Å². The van der Waals surface area contributed by atoms with Gasteiger partial charge < -0.3 is 4.74 Å². The molecule has 1 heterocycles. The van der Waals surface area contributed by atoms with Crippen LogP contribution in [0.4, 0.5) is 0 Å². The summed E-state index contributed by atoms with van der Waals surface area (Å²) < 4.78 is 7.28. The predicted molar refractivity (Wildman–Crippen MR) is 95.0 cm³/mol. The molecule has 3 rings (SSSR count). The maximum absolute atomic E-state index is 6.29. The van der Waals surface area contributed by atoms with Crippen LogP contribution in [0.15, 0.2) is 24.4 Å². The molecule has 20 heavy (non-hydrogen) atoms. The lowest BCUT2D eigenvalue weighted by atomic mass is 9.69. The Morgan fingerprint density at radius 2 is 2.25 bits per heavy atom. The van der Waals surface area contributed by atoms with Crippen molar-refractivity contribution in [2.45, 2.75) is 31.2 Å². The Kier molecular flexibility index (Phi) is 3.93. The third-order valence-corrected chi connectivity index (χ3v) is 6.74. The van der Waals surface area contributed by atoms with Crippen LogP contribution in [0, 0.1) is 8.99 Å². The van der Waals surface area contributed by atoms with Crippen LogP contribution >= 0.6 is 50.1 Å². The smallest absolute Gasteiger partial charge is 0.159 e. The van der Waals surface area contributed by atoms with E-state index in [1.165, 1.54) is 0 Å². The highest BCUT2D eigenvalue weighted by molar-refractivity contribution is 14.1. The van der Waals surface area contributed by atoms with Gasteiger partial charge in [-0.2, -0.15) is 0 Å². The summed E-state index contributed by atoms with van der Waals surface area (Å²) in [5.41, 5.74) is 0.974. The average molecular weight is 467 g/mol. The molecule has 0 amide bonds. The minimum absolute atomic E-state index is 0.129. The molecule has 0 aliphatic heterocycles. The second-order valence-corrected chi connectivity index (χ2v) is 8.37. The Bertz CT molecular complexity index is 676. The van der Waals surface area contributed by atoms with Crippen LogP contribution < -0.4 is 4.74 Å². The van der Waals surface area contributed by atoms with Crippen LogP contribution in [-0.2, 0) is 0 Å². The van der Waals surface area contributed by atoms with Crippen LogP contribution in [0.5, 0.6) is 5.75 Å². The first-order valence-corrected chi connectivity index (χ1v) is 8.82. The summed E-state index contributed by atoms with van der Waals surface area (Å²) in [6.07, 6.45) is 2.99. The number of pyridine rings is 1. The molecule has 1 aromatic heterocycles. The standard InChI is InChI=1S/C15H14BrClINO/c1-15(2)11(16)7-12(15)20-14-10(18)6-9(17)8-4-3-5-19-13(8)14/h3-6,11-12H,7H2,1-2H3. The van der Waals surface area contributed by atoms with Crippen LogP contribution in [0.2, 0.25) is 5.02 Å². The van der Waals surface area contributed by atoms with Crippen LogP contribution in [0.3, 0.4) is 0 Å². The number of nitrogens with zero attached hydrogens (tertiary/aromatic N) is 1. The van der Waals surface area contributed by atoms with Gasteiger partial charge in [0.05, 0.1) is 8.59 Å². The molecule has 0 radical (unpaired) electrons. The Morgan fingerprint density at radius 1 is 1.50 bits per heavy atom. The van der Waals surface area contributed by atoms with Gasteiger partial charge in [-0.3, -0.25) is 4.98 Å². The normalized spacial score (nSPS) is 24.4. The van der Waals surface area contributed by atoms with E-state index in [9.17, 15) is 0 Å². The molecule has 1 aromatic carbocycles. The van der Waals surface area contributed by atoms with Crippen LogP contribution in [0.1, 0.15) is 20.3 Å². The number of ether oxygens (including phenoxy) is 1. The lowest BCUT2D eigenvalue weighted by Gasteiger charge is -2.48. The molecular formula is C15H14BrClINO. The molecular weight excluding hydrogens is 452 g/mol. The highest BCUT2D eigenvalue weighted by atomic mass is 127. The van der Waals surface area contributed by atoms with Gasteiger partial charge in [-0.1, -0.05) is 41.4 Å². The Balaban J connectivity index is 2.04. The van der Waals surface area contributed by atoms with Crippen molar-refractivity contribution >= 4 is 61.0 Å². The summed E-state index contributed by atoms with van der Waals surface area (Å²) in [7, 11) is 0. The first-order chi connectivity index (χ1) is 9.41. The number of rotatable bonds is 2. The third-order valence-electron chi connectivity index (χ3n) is 4.07. The second-order valence-electron chi connectivity index (χ2n) is 5.70. The zero-order valence-electron chi connectivity index (χ0n) is 11.2. The zero-order valence-corrected chi connectivity index (χ0v) is 15.7. The van der Waals surface area contributed by atoms with Crippen molar-refractivity contribution in [2.24, 2.45) is 5.41 Å². The zero-order chi connectivity index (χ0) is 14.5. The van der Waals surface area contributed by atoms with Crippen molar-refractivity contribution in [3.8, 4) is 5.75 Å². The number of hydrogen-bond acceptors (Lipinski definition) is 2. The van der Waals surface area contributed by atoms with Gasteiger partial charge in [0, 0.05) is 21.8 Å². The minimum atomic E-state index is 0.129. The molecule has 0 saturated heterocycles. The molecule has 2 unspecified atom stereocenters. The average Bonchev–Trinajstić information content (AvgIpc) is 2.42. The van der Waals surface area contributed by atoms with E-state index in [4.69, 9.17) is 16.3 Å². The van der Waals surface area contributed by atoms with E-state index in [0.717, 1.165) is 31.7 Å². The first-order valence-electron chi connectivity index (χ1n) is 6.44. The fourth-order valence-corrected chi connectivity index (χ4v) is 4.21. The SMILES string of the molecule is CC1(C)C(Br)CC1Oc1c(I)cc(Cl)c2cccnc12. The topological polar surface area (TPSA) is 22.1 Å². The first kappa shape index (κ1) is 14.9. The molecule has 106 valence electrons. The maximum atomic E-state index is 6.29. The molecule has 0 N–H and O–H groups in total. The van der Waals surface area contributed by atoms with Gasteiger partial charge in [-0.05, 0) is 47.2 Å². The molecule has 1 saturated carbocycles. The quantitative estimate of drug-likeness (QED) is 0.435. The number of aromatic nitrogens is 1. The van der Waals surface area contributed by atoms with E-state index >= 15 is 0 Å².